The molecule has 1 aromatic carbocycles. The molecule has 19 heavy (non-hydrogen) atoms. The molecule has 1 aromatic heterocycles. The van der Waals surface area contributed by atoms with Crippen LogP contribution < -0.4 is 10.1 Å². The number of nitrogens with zero attached hydrogens (tertiary/aromatic N) is 1. The number of halogens is 2. The largest absolute Gasteiger partial charge is 0.495 e. The van der Waals surface area contributed by atoms with Crippen molar-refractivity contribution < 1.29 is 4.74 Å². The van der Waals surface area contributed by atoms with Crippen molar-refractivity contribution in [1.29, 1.82) is 0 Å². The number of benzene rings is 1. The fourth-order valence-corrected chi connectivity index (χ4v) is 3.22. The molecule has 0 radical (unpaired) electrons. The highest BCUT2D eigenvalue weighted by molar-refractivity contribution is 9.11. The van der Waals surface area contributed by atoms with Gasteiger partial charge >= 0.3 is 0 Å². The fraction of sp³-hybridized carbons (Fsp3) is 0.214. The normalized spacial score (nSPS) is 12.2. The van der Waals surface area contributed by atoms with E-state index in [9.17, 15) is 0 Å². The average Bonchev–Trinajstić information content (AvgIpc) is 2.42. The summed E-state index contributed by atoms with van der Waals surface area (Å²) < 4.78 is 7.31. The number of aromatic nitrogens is 1. The first-order valence-corrected chi connectivity index (χ1v) is 7.35. The van der Waals surface area contributed by atoms with Gasteiger partial charge in [-0.1, -0.05) is 37.9 Å². The standard InChI is InChI=1S/C14H14Br2N2O/c1-17-14(9-5-11(19-2)8-18-7-9)12-4-3-10(15)6-13(12)16/h3-8,14,17H,1-2H3. The summed E-state index contributed by atoms with van der Waals surface area (Å²) in [5.74, 6) is 0.756. The van der Waals surface area contributed by atoms with Crippen LogP contribution in [0.15, 0.2) is 45.6 Å². The van der Waals surface area contributed by atoms with Crippen LogP contribution in [0.1, 0.15) is 17.2 Å². The van der Waals surface area contributed by atoms with E-state index in [0.29, 0.717) is 0 Å². The van der Waals surface area contributed by atoms with Gasteiger partial charge in [-0.3, -0.25) is 4.98 Å². The summed E-state index contributed by atoms with van der Waals surface area (Å²) in [4.78, 5) is 4.21. The third-order valence-corrected chi connectivity index (χ3v) is 4.05. The number of rotatable bonds is 4. The first-order valence-electron chi connectivity index (χ1n) is 5.77. The molecule has 0 saturated heterocycles. The Bertz CT molecular complexity index is 575. The monoisotopic (exact) mass is 384 g/mol. The molecule has 0 aliphatic rings. The molecule has 0 saturated carbocycles. The number of ether oxygens (including phenoxy) is 1. The number of nitrogens with one attached hydrogen (secondary N) is 1. The van der Waals surface area contributed by atoms with Crippen LogP contribution in [0.5, 0.6) is 5.75 Å². The Morgan fingerprint density at radius 3 is 2.63 bits per heavy atom. The lowest BCUT2D eigenvalue weighted by Crippen LogP contribution is -2.18. The van der Waals surface area contributed by atoms with E-state index in [0.717, 1.165) is 25.8 Å². The topological polar surface area (TPSA) is 34.2 Å². The van der Waals surface area contributed by atoms with Crippen LogP contribution >= 0.6 is 31.9 Å². The van der Waals surface area contributed by atoms with Crippen molar-refractivity contribution >= 4 is 31.9 Å². The van der Waals surface area contributed by atoms with Gasteiger partial charge in [0.05, 0.1) is 19.3 Å². The van der Waals surface area contributed by atoms with E-state index in [2.05, 4.69) is 48.2 Å². The molecule has 0 amide bonds. The second kappa shape index (κ2) is 6.50. The average molecular weight is 386 g/mol. The molecule has 0 aliphatic carbocycles. The molecule has 1 atom stereocenters. The molecule has 100 valence electrons. The molecule has 0 bridgehead atoms. The van der Waals surface area contributed by atoms with Gasteiger partial charge in [0, 0.05) is 15.1 Å². The van der Waals surface area contributed by atoms with E-state index in [1.165, 1.54) is 0 Å². The molecule has 0 aliphatic heterocycles. The van der Waals surface area contributed by atoms with Crippen LogP contribution in [-0.4, -0.2) is 19.1 Å². The summed E-state index contributed by atoms with van der Waals surface area (Å²) in [7, 11) is 3.57. The zero-order valence-corrected chi connectivity index (χ0v) is 13.8. The lowest BCUT2D eigenvalue weighted by Gasteiger charge is -2.19. The van der Waals surface area contributed by atoms with Crippen LogP contribution in [0.2, 0.25) is 0 Å². The maximum absolute atomic E-state index is 5.23. The maximum atomic E-state index is 5.23. The fourth-order valence-electron chi connectivity index (χ4n) is 1.94. The quantitative estimate of drug-likeness (QED) is 0.865. The Labute approximate surface area is 129 Å². The lowest BCUT2D eigenvalue weighted by atomic mass is 10.0. The zero-order valence-electron chi connectivity index (χ0n) is 10.7. The minimum atomic E-state index is 0.0603. The van der Waals surface area contributed by atoms with Gasteiger partial charge < -0.3 is 10.1 Å². The number of methoxy groups -OCH3 is 1. The van der Waals surface area contributed by atoms with Crippen molar-refractivity contribution in [2.45, 2.75) is 6.04 Å². The molecule has 1 heterocycles. The van der Waals surface area contributed by atoms with Crippen LogP contribution in [0.4, 0.5) is 0 Å². The van der Waals surface area contributed by atoms with Gasteiger partial charge in [0.2, 0.25) is 0 Å². The molecular weight excluding hydrogens is 372 g/mol. The third-order valence-electron chi connectivity index (χ3n) is 2.87. The molecule has 2 rings (SSSR count). The summed E-state index contributed by atoms with van der Waals surface area (Å²) in [6, 6.07) is 8.19. The zero-order chi connectivity index (χ0) is 13.8. The molecule has 5 heteroatoms. The minimum Gasteiger partial charge on any atom is -0.495 e. The van der Waals surface area contributed by atoms with Gasteiger partial charge in [-0.25, -0.2) is 0 Å². The Kier molecular flexibility index (Phi) is 4.96. The van der Waals surface area contributed by atoms with E-state index in [-0.39, 0.29) is 6.04 Å². The Hall–Kier alpha value is -0.910. The molecule has 2 aromatic rings. The second-order valence-corrected chi connectivity index (χ2v) is 5.82. The molecular formula is C14H14Br2N2O. The third kappa shape index (κ3) is 3.35. The van der Waals surface area contributed by atoms with Crippen molar-refractivity contribution in [2.24, 2.45) is 0 Å². The van der Waals surface area contributed by atoms with Gasteiger partial charge in [-0.05, 0) is 36.4 Å². The number of hydrogen-bond acceptors (Lipinski definition) is 3. The first kappa shape index (κ1) is 14.5. The Morgan fingerprint density at radius 2 is 2.00 bits per heavy atom. The summed E-state index contributed by atoms with van der Waals surface area (Å²) in [6.45, 7) is 0. The van der Waals surface area contributed by atoms with Crippen LogP contribution in [-0.2, 0) is 0 Å². The molecule has 1 unspecified atom stereocenters. The van der Waals surface area contributed by atoms with E-state index in [1.807, 2.05) is 31.4 Å². The lowest BCUT2D eigenvalue weighted by molar-refractivity contribution is 0.411. The van der Waals surface area contributed by atoms with Gasteiger partial charge in [-0.15, -0.1) is 0 Å². The van der Waals surface area contributed by atoms with Crippen molar-refractivity contribution in [2.75, 3.05) is 14.2 Å². The van der Waals surface area contributed by atoms with E-state index in [1.54, 1.807) is 13.3 Å². The van der Waals surface area contributed by atoms with E-state index < -0.39 is 0 Å². The Morgan fingerprint density at radius 1 is 1.21 bits per heavy atom. The van der Waals surface area contributed by atoms with Crippen molar-refractivity contribution in [3.63, 3.8) is 0 Å². The number of hydrogen-bond donors (Lipinski definition) is 1. The molecule has 0 spiro atoms. The molecule has 1 N–H and O–H groups in total. The van der Waals surface area contributed by atoms with Crippen molar-refractivity contribution in [3.8, 4) is 5.75 Å². The summed E-state index contributed by atoms with van der Waals surface area (Å²) in [5.41, 5.74) is 2.21. The Balaban J connectivity index is 2.43. The van der Waals surface area contributed by atoms with Crippen LogP contribution in [0.3, 0.4) is 0 Å². The van der Waals surface area contributed by atoms with Gasteiger partial charge in [0.15, 0.2) is 0 Å². The van der Waals surface area contributed by atoms with Gasteiger partial charge in [0.25, 0.3) is 0 Å². The highest BCUT2D eigenvalue weighted by Gasteiger charge is 2.16. The SMILES string of the molecule is CNC(c1cncc(OC)c1)c1ccc(Br)cc1Br. The first-order chi connectivity index (χ1) is 9.15. The number of pyridine rings is 1. The second-order valence-electron chi connectivity index (χ2n) is 4.05. The summed E-state index contributed by atoms with van der Waals surface area (Å²) in [6.07, 6.45) is 3.55. The van der Waals surface area contributed by atoms with Gasteiger partial charge in [-0.2, -0.15) is 0 Å². The van der Waals surface area contributed by atoms with Crippen LogP contribution in [0.25, 0.3) is 0 Å². The summed E-state index contributed by atoms with van der Waals surface area (Å²) >= 11 is 7.06. The molecule has 3 nitrogen and oxygen atoms in total. The van der Waals surface area contributed by atoms with Gasteiger partial charge in [0.1, 0.15) is 5.75 Å². The molecule has 0 fully saturated rings. The predicted octanol–water partition coefficient (Wildman–Crippen LogP) is 3.92. The predicted molar refractivity (Wildman–Crippen MR) is 83.5 cm³/mol. The summed E-state index contributed by atoms with van der Waals surface area (Å²) in [5, 5.41) is 3.31. The highest BCUT2D eigenvalue weighted by Crippen LogP contribution is 2.31. The smallest absolute Gasteiger partial charge is 0.137 e. The minimum absolute atomic E-state index is 0.0603. The maximum Gasteiger partial charge on any atom is 0.137 e. The van der Waals surface area contributed by atoms with E-state index >= 15 is 0 Å². The van der Waals surface area contributed by atoms with Crippen LogP contribution in [0, 0.1) is 0 Å². The van der Waals surface area contributed by atoms with E-state index in [4.69, 9.17) is 4.74 Å². The van der Waals surface area contributed by atoms with Crippen molar-refractivity contribution in [3.05, 3.63) is 56.7 Å². The highest BCUT2D eigenvalue weighted by atomic mass is 79.9. The van der Waals surface area contributed by atoms with Crippen molar-refractivity contribution in [1.82, 2.24) is 10.3 Å².